The van der Waals surface area contributed by atoms with Crippen molar-refractivity contribution in [2.75, 3.05) is 18.5 Å². The van der Waals surface area contributed by atoms with Crippen molar-refractivity contribution in [3.63, 3.8) is 0 Å². The van der Waals surface area contributed by atoms with Crippen LogP contribution in [-0.4, -0.2) is 31.1 Å². The summed E-state index contributed by atoms with van der Waals surface area (Å²) < 4.78 is 22.5. The second kappa shape index (κ2) is 9.31. The zero-order chi connectivity index (χ0) is 18.9. The molecule has 26 heavy (non-hydrogen) atoms. The summed E-state index contributed by atoms with van der Waals surface area (Å²) in [5, 5.41) is 2.55. The molecule has 0 aromatic heterocycles. The van der Waals surface area contributed by atoms with Crippen molar-refractivity contribution in [3.8, 4) is 0 Å². The molecule has 0 saturated heterocycles. The Morgan fingerprint density at radius 1 is 0.962 bits per heavy atom. The Morgan fingerprint density at radius 3 is 2.23 bits per heavy atom. The molecule has 1 N–H and O–H groups in total. The van der Waals surface area contributed by atoms with Gasteiger partial charge in [0.25, 0.3) is 5.91 Å². The van der Waals surface area contributed by atoms with Crippen LogP contribution in [0.2, 0.25) is 0 Å². The first-order chi connectivity index (χ1) is 12.5. The second-order valence-corrected chi connectivity index (χ2v) is 5.31. The van der Waals surface area contributed by atoms with E-state index in [9.17, 15) is 18.8 Å². The molecule has 1 amide bonds. The van der Waals surface area contributed by atoms with Crippen LogP contribution in [0.5, 0.6) is 0 Å². The first kappa shape index (κ1) is 19.1. The average molecular weight is 359 g/mol. The molecule has 2 rings (SSSR count). The molecule has 0 spiro atoms. The highest BCUT2D eigenvalue weighted by atomic mass is 19.1. The van der Waals surface area contributed by atoms with E-state index in [-0.39, 0.29) is 13.0 Å². The fourth-order valence-electron chi connectivity index (χ4n) is 2.07. The van der Waals surface area contributed by atoms with E-state index in [0.29, 0.717) is 16.8 Å². The van der Waals surface area contributed by atoms with Crippen molar-refractivity contribution in [2.24, 2.45) is 0 Å². The molecule has 2 aromatic carbocycles. The second-order valence-electron chi connectivity index (χ2n) is 5.31. The Labute approximate surface area is 149 Å². The van der Waals surface area contributed by atoms with Gasteiger partial charge in [-0.05, 0) is 48.9 Å². The van der Waals surface area contributed by atoms with Gasteiger partial charge in [-0.15, -0.1) is 0 Å². The SMILES string of the molecule is CCOC(=O)c1ccc(NC(=O)COC(=O)Cc2ccc(F)cc2)cc1. The number of nitrogens with one attached hydrogen (secondary N) is 1. The minimum atomic E-state index is -0.593. The van der Waals surface area contributed by atoms with Crippen LogP contribution in [0.4, 0.5) is 10.1 Å². The summed E-state index contributed by atoms with van der Waals surface area (Å²) >= 11 is 0. The van der Waals surface area contributed by atoms with Gasteiger partial charge in [0.15, 0.2) is 6.61 Å². The molecule has 0 fully saturated rings. The average Bonchev–Trinajstić information content (AvgIpc) is 2.63. The lowest BCUT2D eigenvalue weighted by atomic mass is 10.1. The Hall–Kier alpha value is -3.22. The molecule has 0 aliphatic heterocycles. The minimum Gasteiger partial charge on any atom is -0.462 e. The maximum atomic E-state index is 12.8. The zero-order valence-electron chi connectivity index (χ0n) is 14.2. The topological polar surface area (TPSA) is 81.7 Å². The number of benzene rings is 2. The maximum absolute atomic E-state index is 12.8. The smallest absolute Gasteiger partial charge is 0.338 e. The van der Waals surface area contributed by atoms with Gasteiger partial charge in [-0.3, -0.25) is 9.59 Å². The quantitative estimate of drug-likeness (QED) is 0.769. The van der Waals surface area contributed by atoms with Gasteiger partial charge in [0.05, 0.1) is 18.6 Å². The molecule has 0 radical (unpaired) electrons. The minimum absolute atomic E-state index is 0.0538. The summed E-state index contributed by atoms with van der Waals surface area (Å²) in [5.41, 5.74) is 1.42. The Morgan fingerprint density at radius 2 is 1.62 bits per heavy atom. The monoisotopic (exact) mass is 359 g/mol. The zero-order valence-corrected chi connectivity index (χ0v) is 14.2. The highest BCUT2D eigenvalue weighted by Gasteiger charge is 2.10. The number of rotatable bonds is 7. The molecular weight excluding hydrogens is 341 g/mol. The van der Waals surface area contributed by atoms with Crippen molar-refractivity contribution >= 4 is 23.5 Å². The number of amides is 1. The van der Waals surface area contributed by atoms with Crippen LogP contribution < -0.4 is 5.32 Å². The molecule has 2 aromatic rings. The predicted octanol–water partition coefficient (Wildman–Crippen LogP) is 2.73. The van der Waals surface area contributed by atoms with Gasteiger partial charge >= 0.3 is 11.9 Å². The van der Waals surface area contributed by atoms with E-state index in [4.69, 9.17) is 9.47 Å². The largest absolute Gasteiger partial charge is 0.462 e. The van der Waals surface area contributed by atoms with E-state index in [1.165, 1.54) is 36.4 Å². The van der Waals surface area contributed by atoms with Crippen LogP contribution in [0, 0.1) is 5.82 Å². The van der Waals surface area contributed by atoms with Crippen molar-refractivity contribution in [1.29, 1.82) is 0 Å². The molecule has 7 heteroatoms. The highest BCUT2D eigenvalue weighted by Crippen LogP contribution is 2.11. The molecule has 0 atom stereocenters. The highest BCUT2D eigenvalue weighted by molar-refractivity contribution is 5.94. The van der Waals surface area contributed by atoms with Gasteiger partial charge in [0.1, 0.15) is 5.82 Å². The summed E-state index contributed by atoms with van der Waals surface area (Å²) in [6.45, 7) is 1.55. The lowest BCUT2D eigenvalue weighted by Gasteiger charge is -2.07. The number of hydrogen-bond donors (Lipinski definition) is 1. The number of hydrogen-bond acceptors (Lipinski definition) is 5. The van der Waals surface area contributed by atoms with E-state index in [0.717, 1.165) is 0 Å². The number of esters is 2. The molecule has 136 valence electrons. The molecule has 6 nitrogen and oxygen atoms in total. The van der Waals surface area contributed by atoms with Crippen LogP contribution in [0.15, 0.2) is 48.5 Å². The van der Waals surface area contributed by atoms with Crippen LogP contribution in [-0.2, 0) is 25.5 Å². The summed E-state index contributed by atoms with van der Waals surface area (Å²) in [7, 11) is 0. The van der Waals surface area contributed by atoms with Gasteiger partial charge in [-0.2, -0.15) is 0 Å². The van der Waals surface area contributed by atoms with E-state index in [1.54, 1.807) is 19.1 Å². The lowest BCUT2D eigenvalue weighted by Crippen LogP contribution is -2.21. The van der Waals surface area contributed by atoms with E-state index < -0.39 is 30.3 Å². The normalized spacial score (nSPS) is 10.1. The maximum Gasteiger partial charge on any atom is 0.338 e. The standard InChI is InChI=1S/C19H18FNO5/c1-2-25-19(24)14-5-9-16(10-6-14)21-17(22)12-26-18(23)11-13-3-7-15(20)8-4-13/h3-10H,2,11-12H2,1H3,(H,21,22). The third kappa shape index (κ3) is 6.01. The molecule has 0 aliphatic rings. The lowest BCUT2D eigenvalue weighted by molar-refractivity contribution is -0.146. The predicted molar refractivity (Wildman–Crippen MR) is 92.1 cm³/mol. The van der Waals surface area contributed by atoms with E-state index in [2.05, 4.69) is 5.32 Å². The Bertz CT molecular complexity index is 772. The van der Waals surface area contributed by atoms with Crippen molar-refractivity contribution < 1.29 is 28.2 Å². The van der Waals surface area contributed by atoms with Crippen LogP contribution in [0.1, 0.15) is 22.8 Å². The fraction of sp³-hybridized carbons (Fsp3) is 0.211. The summed E-state index contributed by atoms with van der Waals surface area (Å²) in [6.07, 6.45) is -0.0538. The number of anilines is 1. The van der Waals surface area contributed by atoms with Gasteiger partial charge in [0.2, 0.25) is 0 Å². The first-order valence-electron chi connectivity index (χ1n) is 7.95. The molecular formula is C19H18FNO5. The number of ether oxygens (including phenoxy) is 2. The summed E-state index contributed by atoms with van der Waals surface area (Å²) in [6, 6.07) is 11.6. The number of carbonyl (C=O) groups excluding carboxylic acids is 3. The van der Waals surface area contributed by atoms with Crippen LogP contribution >= 0.6 is 0 Å². The summed E-state index contributed by atoms with van der Waals surface area (Å²) in [4.78, 5) is 35.0. The van der Waals surface area contributed by atoms with Gasteiger partial charge in [0, 0.05) is 5.69 Å². The molecule has 0 saturated carbocycles. The van der Waals surface area contributed by atoms with Gasteiger partial charge in [-0.25, -0.2) is 9.18 Å². The van der Waals surface area contributed by atoms with Gasteiger partial charge < -0.3 is 14.8 Å². The van der Waals surface area contributed by atoms with Crippen LogP contribution in [0.25, 0.3) is 0 Å². The summed E-state index contributed by atoms with van der Waals surface area (Å²) in [5.74, 6) is -1.94. The van der Waals surface area contributed by atoms with Crippen LogP contribution in [0.3, 0.4) is 0 Å². The Balaban J connectivity index is 1.78. The molecule has 0 aliphatic carbocycles. The van der Waals surface area contributed by atoms with Crippen molar-refractivity contribution in [3.05, 3.63) is 65.5 Å². The van der Waals surface area contributed by atoms with Crippen molar-refractivity contribution in [2.45, 2.75) is 13.3 Å². The van der Waals surface area contributed by atoms with Crippen molar-refractivity contribution in [1.82, 2.24) is 0 Å². The van der Waals surface area contributed by atoms with Gasteiger partial charge in [-0.1, -0.05) is 12.1 Å². The molecule has 0 bridgehead atoms. The van der Waals surface area contributed by atoms with E-state index >= 15 is 0 Å². The van der Waals surface area contributed by atoms with E-state index in [1.807, 2.05) is 0 Å². The first-order valence-corrected chi connectivity index (χ1v) is 7.95. The molecule has 0 unspecified atom stereocenters. The molecule has 0 heterocycles. The Kier molecular flexibility index (Phi) is 6.84. The third-order valence-electron chi connectivity index (χ3n) is 3.31. The number of halogens is 1. The third-order valence-corrected chi connectivity index (χ3v) is 3.31. The number of carbonyl (C=O) groups is 3. The fourth-order valence-corrected chi connectivity index (χ4v) is 2.07.